The van der Waals surface area contributed by atoms with Crippen LogP contribution >= 0.6 is 0 Å². The van der Waals surface area contributed by atoms with E-state index >= 15 is 0 Å². The quantitative estimate of drug-likeness (QED) is 0.618. The van der Waals surface area contributed by atoms with Gasteiger partial charge in [-0.25, -0.2) is 4.39 Å². The molecule has 0 aliphatic heterocycles. The van der Waals surface area contributed by atoms with Gasteiger partial charge in [-0.05, 0) is 13.0 Å². The number of nitro benzene ring substituents is 1. The third-order valence-electron chi connectivity index (χ3n) is 2.12. The molecule has 7 heteroatoms. The molecule has 0 aliphatic rings. The molecule has 0 saturated carbocycles. The molecular formula is C10H12FN3O3. The Morgan fingerprint density at radius 2 is 2.18 bits per heavy atom. The van der Waals surface area contributed by atoms with Gasteiger partial charge in [-0.3, -0.25) is 14.9 Å². The van der Waals surface area contributed by atoms with Gasteiger partial charge in [0, 0.05) is 13.6 Å². The van der Waals surface area contributed by atoms with Crippen molar-refractivity contribution >= 4 is 17.3 Å². The fourth-order valence-corrected chi connectivity index (χ4v) is 1.36. The molecule has 0 unspecified atom stereocenters. The number of benzene rings is 1. The zero-order valence-electron chi connectivity index (χ0n) is 9.41. The number of nitrogens with one attached hydrogen (secondary N) is 2. The highest BCUT2D eigenvalue weighted by atomic mass is 19.1. The maximum atomic E-state index is 13.4. The van der Waals surface area contributed by atoms with Crippen LogP contribution in [0.1, 0.15) is 17.3 Å². The molecule has 92 valence electrons. The summed E-state index contributed by atoms with van der Waals surface area (Å²) in [4.78, 5) is 21.4. The summed E-state index contributed by atoms with van der Waals surface area (Å²) >= 11 is 0. The second-order valence-electron chi connectivity index (χ2n) is 3.22. The summed E-state index contributed by atoms with van der Waals surface area (Å²) in [5, 5.41) is 15.7. The van der Waals surface area contributed by atoms with Crippen molar-refractivity contribution in [3.05, 3.63) is 33.6 Å². The number of nitrogens with zero attached hydrogens (tertiary/aromatic N) is 1. The predicted octanol–water partition coefficient (Wildman–Crippen LogP) is 1.53. The summed E-state index contributed by atoms with van der Waals surface area (Å²) in [6.45, 7) is 2.20. The third kappa shape index (κ3) is 2.68. The summed E-state index contributed by atoms with van der Waals surface area (Å²) in [5.74, 6) is -1.39. The van der Waals surface area contributed by atoms with Gasteiger partial charge >= 0.3 is 0 Å². The van der Waals surface area contributed by atoms with Crippen molar-refractivity contribution in [2.24, 2.45) is 0 Å². The fraction of sp³-hybridized carbons (Fsp3) is 0.300. The first-order valence-corrected chi connectivity index (χ1v) is 4.95. The first-order chi connectivity index (χ1) is 8.01. The van der Waals surface area contributed by atoms with Gasteiger partial charge in [0.2, 0.25) is 0 Å². The van der Waals surface area contributed by atoms with Crippen molar-refractivity contribution in [3.63, 3.8) is 0 Å². The molecular weight excluding hydrogens is 229 g/mol. The van der Waals surface area contributed by atoms with Crippen LogP contribution in [0.15, 0.2) is 12.1 Å². The lowest BCUT2D eigenvalue weighted by Gasteiger charge is -2.08. The second-order valence-corrected chi connectivity index (χ2v) is 3.22. The van der Waals surface area contributed by atoms with Gasteiger partial charge in [-0.15, -0.1) is 0 Å². The van der Waals surface area contributed by atoms with E-state index in [-0.39, 0.29) is 11.3 Å². The first-order valence-electron chi connectivity index (χ1n) is 4.95. The Kier molecular flexibility index (Phi) is 3.97. The van der Waals surface area contributed by atoms with Crippen LogP contribution in [-0.4, -0.2) is 24.4 Å². The fourth-order valence-electron chi connectivity index (χ4n) is 1.36. The molecule has 0 radical (unpaired) electrons. The van der Waals surface area contributed by atoms with E-state index in [0.29, 0.717) is 6.54 Å². The molecule has 0 saturated heterocycles. The van der Waals surface area contributed by atoms with E-state index in [0.717, 1.165) is 12.1 Å². The maximum Gasteiger partial charge on any atom is 0.285 e. The van der Waals surface area contributed by atoms with Crippen LogP contribution < -0.4 is 10.6 Å². The van der Waals surface area contributed by atoms with Gasteiger partial charge in [0.15, 0.2) is 5.82 Å². The minimum absolute atomic E-state index is 0.0664. The van der Waals surface area contributed by atoms with Gasteiger partial charge in [0.05, 0.1) is 16.7 Å². The van der Waals surface area contributed by atoms with Crippen molar-refractivity contribution in [1.29, 1.82) is 0 Å². The lowest BCUT2D eigenvalue weighted by Crippen LogP contribution is -2.20. The number of carbonyl (C=O) groups excluding carboxylic acids is 1. The van der Waals surface area contributed by atoms with Gasteiger partial charge < -0.3 is 10.6 Å². The molecule has 0 spiro atoms. The van der Waals surface area contributed by atoms with Crippen molar-refractivity contribution in [3.8, 4) is 0 Å². The van der Waals surface area contributed by atoms with E-state index in [1.165, 1.54) is 7.05 Å². The topological polar surface area (TPSA) is 84.3 Å². The largest absolute Gasteiger partial charge is 0.383 e. The highest BCUT2D eigenvalue weighted by Gasteiger charge is 2.22. The summed E-state index contributed by atoms with van der Waals surface area (Å²) in [6.07, 6.45) is 0. The van der Waals surface area contributed by atoms with Crippen LogP contribution in [0, 0.1) is 15.9 Å². The highest BCUT2D eigenvalue weighted by Crippen LogP contribution is 2.26. The summed E-state index contributed by atoms with van der Waals surface area (Å²) in [6, 6.07) is 1.87. The zero-order valence-corrected chi connectivity index (χ0v) is 9.41. The number of rotatable bonds is 4. The highest BCUT2D eigenvalue weighted by molar-refractivity contribution is 5.99. The van der Waals surface area contributed by atoms with E-state index in [2.05, 4.69) is 10.6 Å². The molecule has 0 aromatic heterocycles. The van der Waals surface area contributed by atoms with Crippen LogP contribution in [0.25, 0.3) is 0 Å². The van der Waals surface area contributed by atoms with E-state index in [1.807, 2.05) is 0 Å². The van der Waals surface area contributed by atoms with Gasteiger partial charge in [-0.1, -0.05) is 0 Å². The van der Waals surface area contributed by atoms with Gasteiger partial charge in [0.1, 0.15) is 5.56 Å². The molecule has 1 aromatic rings. The zero-order chi connectivity index (χ0) is 13.0. The maximum absolute atomic E-state index is 13.4. The summed E-state index contributed by atoms with van der Waals surface area (Å²) in [7, 11) is 1.35. The van der Waals surface area contributed by atoms with Crippen LogP contribution in [0.3, 0.4) is 0 Å². The van der Waals surface area contributed by atoms with Crippen molar-refractivity contribution in [2.45, 2.75) is 6.92 Å². The molecule has 1 rings (SSSR count). The summed E-state index contributed by atoms with van der Waals surface area (Å²) < 4.78 is 13.4. The SMILES string of the molecule is CCNc1cc(C(=O)NC)c([N+](=O)[O-])cc1F. The molecule has 1 aromatic carbocycles. The summed E-state index contributed by atoms with van der Waals surface area (Å²) in [5.41, 5.74) is -0.657. The molecule has 0 aliphatic carbocycles. The smallest absolute Gasteiger partial charge is 0.285 e. The first kappa shape index (κ1) is 12.9. The Morgan fingerprint density at radius 3 is 2.65 bits per heavy atom. The number of halogens is 1. The van der Waals surface area contributed by atoms with E-state index in [1.54, 1.807) is 6.92 Å². The number of nitro groups is 1. The Balaban J connectivity index is 3.36. The lowest BCUT2D eigenvalue weighted by atomic mass is 10.1. The molecule has 17 heavy (non-hydrogen) atoms. The van der Waals surface area contributed by atoms with Crippen molar-refractivity contribution in [2.75, 3.05) is 18.9 Å². The molecule has 1 amide bonds. The molecule has 0 atom stereocenters. The average molecular weight is 241 g/mol. The number of carbonyl (C=O) groups is 1. The minimum Gasteiger partial charge on any atom is -0.383 e. The van der Waals surface area contributed by atoms with Crippen LogP contribution in [0.4, 0.5) is 15.8 Å². The standard InChI is InChI=1S/C10H12FN3O3/c1-3-13-8-4-6(10(15)12-2)9(14(16)17)5-7(8)11/h4-5,13H,3H2,1-2H3,(H,12,15). The Morgan fingerprint density at radius 1 is 1.53 bits per heavy atom. The molecule has 6 nitrogen and oxygen atoms in total. The Hall–Kier alpha value is -2.18. The van der Waals surface area contributed by atoms with Crippen molar-refractivity contribution < 1.29 is 14.1 Å². The third-order valence-corrected chi connectivity index (χ3v) is 2.12. The molecule has 0 heterocycles. The molecule has 2 N–H and O–H groups in total. The van der Waals surface area contributed by atoms with Crippen LogP contribution in [0.2, 0.25) is 0 Å². The Labute approximate surface area is 97.0 Å². The average Bonchev–Trinajstić information content (AvgIpc) is 2.30. The number of amides is 1. The van der Waals surface area contributed by atoms with Crippen LogP contribution in [0.5, 0.6) is 0 Å². The van der Waals surface area contributed by atoms with Crippen LogP contribution in [-0.2, 0) is 0 Å². The monoisotopic (exact) mass is 241 g/mol. The lowest BCUT2D eigenvalue weighted by molar-refractivity contribution is -0.385. The van der Waals surface area contributed by atoms with E-state index in [4.69, 9.17) is 0 Å². The number of hydrogen-bond donors (Lipinski definition) is 2. The van der Waals surface area contributed by atoms with Gasteiger partial charge in [0.25, 0.3) is 11.6 Å². The minimum atomic E-state index is -0.788. The number of hydrogen-bond acceptors (Lipinski definition) is 4. The normalized spacial score (nSPS) is 9.82. The predicted molar refractivity (Wildman–Crippen MR) is 60.6 cm³/mol. The second kappa shape index (κ2) is 5.24. The number of anilines is 1. The van der Waals surface area contributed by atoms with Gasteiger partial charge in [-0.2, -0.15) is 0 Å². The van der Waals surface area contributed by atoms with E-state index < -0.39 is 22.3 Å². The Bertz CT molecular complexity index is 462. The van der Waals surface area contributed by atoms with Crippen molar-refractivity contribution in [1.82, 2.24) is 5.32 Å². The molecule has 0 fully saturated rings. The van der Waals surface area contributed by atoms with E-state index in [9.17, 15) is 19.3 Å². The molecule has 0 bridgehead atoms.